The molecular formula is C17H16N4O3. The molecule has 122 valence electrons. The third-order valence-electron chi connectivity index (χ3n) is 3.90. The summed E-state index contributed by atoms with van der Waals surface area (Å²) in [5.41, 5.74) is 0.712. The fraction of sp³-hybridized carbons (Fsp3) is 0.176. The lowest BCUT2D eigenvalue weighted by Crippen LogP contribution is -2.37. The number of nitrogens with one attached hydrogen (secondary N) is 1. The number of aryl methyl sites for hydroxylation is 2. The maximum absolute atomic E-state index is 12.5. The van der Waals surface area contributed by atoms with Gasteiger partial charge in [-0.1, -0.05) is 18.2 Å². The summed E-state index contributed by atoms with van der Waals surface area (Å²) in [6, 6.07) is 10.5. The predicted octanol–water partition coefficient (Wildman–Crippen LogP) is 1.19. The molecule has 1 amide bonds. The Morgan fingerprint density at radius 2 is 1.75 bits per heavy atom. The lowest BCUT2D eigenvalue weighted by molar-refractivity contribution is 0.102. The van der Waals surface area contributed by atoms with Gasteiger partial charge in [-0.2, -0.15) is 0 Å². The molecule has 2 aromatic heterocycles. The first-order valence-corrected chi connectivity index (χ1v) is 7.34. The van der Waals surface area contributed by atoms with E-state index in [1.54, 1.807) is 26.1 Å². The van der Waals surface area contributed by atoms with Crippen LogP contribution in [-0.4, -0.2) is 20.0 Å². The number of fused-ring (bicyclic) bond motifs is 1. The second-order valence-electron chi connectivity index (χ2n) is 5.52. The SMILES string of the molecule is Cc1nc2c(cc1C(=O)Nc1ccccc1)c(=O)n(C)c(=O)n2C. The molecule has 0 saturated heterocycles. The van der Waals surface area contributed by atoms with Crippen molar-refractivity contribution in [3.05, 3.63) is 68.5 Å². The predicted molar refractivity (Wildman–Crippen MR) is 91.4 cm³/mol. The molecule has 3 aromatic rings. The molecule has 0 aliphatic rings. The minimum atomic E-state index is -0.477. The first-order valence-electron chi connectivity index (χ1n) is 7.34. The Morgan fingerprint density at radius 3 is 2.42 bits per heavy atom. The molecule has 0 aliphatic carbocycles. The van der Waals surface area contributed by atoms with Crippen LogP contribution in [0.5, 0.6) is 0 Å². The monoisotopic (exact) mass is 324 g/mol. The van der Waals surface area contributed by atoms with Crippen molar-refractivity contribution in [1.29, 1.82) is 0 Å². The number of hydrogen-bond acceptors (Lipinski definition) is 4. The third kappa shape index (κ3) is 2.50. The van der Waals surface area contributed by atoms with Gasteiger partial charge < -0.3 is 5.32 Å². The van der Waals surface area contributed by atoms with Gasteiger partial charge in [0, 0.05) is 19.8 Å². The van der Waals surface area contributed by atoms with Crippen LogP contribution in [0.25, 0.3) is 11.0 Å². The van der Waals surface area contributed by atoms with Gasteiger partial charge in [0.1, 0.15) is 5.65 Å². The highest BCUT2D eigenvalue weighted by atomic mass is 16.2. The van der Waals surface area contributed by atoms with Gasteiger partial charge in [-0.3, -0.25) is 18.7 Å². The molecule has 1 aromatic carbocycles. The zero-order valence-electron chi connectivity index (χ0n) is 13.5. The van der Waals surface area contributed by atoms with E-state index < -0.39 is 11.2 Å². The Hall–Kier alpha value is -3.22. The first-order chi connectivity index (χ1) is 11.4. The number of carbonyl (C=O) groups excluding carboxylic acids is 1. The summed E-state index contributed by atoms with van der Waals surface area (Å²) in [5, 5.41) is 2.99. The van der Waals surface area contributed by atoms with E-state index in [9.17, 15) is 14.4 Å². The first kappa shape index (κ1) is 15.7. The van der Waals surface area contributed by atoms with Crippen LogP contribution < -0.4 is 16.6 Å². The van der Waals surface area contributed by atoms with Crippen LogP contribution >= 0.6 is 0 Å². The highest BCUT2D eigenvalue weighted by molar-refractivity contribution is 6.06. The fourth-order valence-corrected chi connectivity index (χ4v) is 2.54. The van der Waals surface area contributed by atoms with Crippen LogP contribution in [0.2, 0.25) is 0 Å². The van der Waals surface area contributed by atoms with Crippen LogP contribution in [0.4, 0.5) is 5.69 Å². The molecule has 3 rings (SSSR count). The van der Waals surface area contributed by atoms with E-state index in [1.807, 2.05) is 18.2 Å². The largest absolute Gasteiger partial charge is 0.332 e. The van der Waals surface area contributed by atoms with E-state index in [0.717, 1.165) is 4.57 Å². The quantitative estimate of drug-likeness (QED) is 0.767. The van der Waals surface area contributed by atoms with E-state index in [-0.39, 0.29) is 16.9 Å². The van der Waals surface area contributed by atoms with Gasteiger partial charge in [0.15, 0.2) is 0 Å². The number of hydrogen-bond donors (Lipinski definition) is 1. The summed E-state index contributed by atoms with van der Waals surface area (Å²) >= 11 is 0. The van der Waals surface area contributed by atoms with Crippen molar-refractivity contribution in [3.8, 4) is 0 Å². The summed E-state index contributed by atoms with van der Waals surface area (Å²) in [7, 11) is 2.94. The molecule has 0 unspecified atom stereocenters. The molecule has 24 heavy (non-hydrogen) atoms. The molecule has 7 nitrogen and oxygen atoms in total. The van der Waals surface area contributed by atoms with Crippen molar-refractivity contribution in [2.45, 2.75) is 6.92 Å². The maximum atomic E-state index is 12.5. The van der Waals surface area contributed by atoms with Crippen LogP contribution in [0.15, 0.2) is 46.0 Å². The second kappa shape index (κ2) is 5.77. The zero-order valence-corrected chi connectivity index (χ0v) is 13.5. The van der Waals surface area contributed by atoms with Crippen molar-refractivity contribution in [3.63, 3.8) is 0 Å². The molecular weight excluding hydrogens is 308 g/mol. The maximum Gasteiger partial charge on any atom is 0.332 e. The van der Waals surface area contributed by atoms with Crippen molar-refractivity contribution >= 4 is 22.6 Å². The van der Waals surface area contributed by atoms with E-state index in [2.05, 4.69) is 10.3 Å². The molecule has 0 spiro atoms. The fourth-order valence-electron chi connectivity index (χ4n) is 2.54. The summed E-state index contributed by atoms with van der Waals surface area (Å²) in [6.07, 6.45) is 0. The number of carbonyl (C=O) groups is 1. The van der Waals surface area contributed by atoms with Gasteiger partial charge in [0.25, 0.3) is 11.5 Å². The molecule has 0 fully saturated rings. The summed E-state index contributed by atoms with van der Waals surface area (Å²) in [4.78, 5) is 41.1. The van der Waals surface area contributed by atoms with Crippen LogP contribution in [-0.2, 0) is 14.1 Å². The number of aromatic nitrogens is 3. The summed E-state index contributed by atoms with van der Waals surface area (Å²) in [5.74, 6) is -0.357. The van der Waals surface area contributed by atoms with Crippen molar-refractivity contribution in [2.75, 3.05) is 5.32 Å². The van der Waals surface area contributed by atoms with Crippen LogP contribution in [0, 0.1) is 6.92 Å². The molecule has 0 radical (unpaired) electrons. The average Bonchev–Trinajstić information content (AvgIpc) is 2.58. The van der Waals surface area contributed by atoms with Crippen molar-refractivity contribution in [1.82, 2.24) is 14.1 Å². The Balaban J connectivity index is 2.16. The molecule has 7 heteroatoms. The minimum absolute atomic E-state index is 0.225. The molecule has 0 atom stereocenters. The molecule has 2 heterocycles. The van der Waals surface area contributed by atoms with Gasteiger partial charge in [-0.15, -0.1) is 0 Å². The summed E-state index contributed by atoms with van der Waals surface area (Å²) < 4.78 is 2.29. The Bertz CT molecular complexity index is 1070. The van der Waals surface area contributed by atoms with Crippen molar-refractivity contribution < 1.29 is 4.79 Å². The van der Waals surface area contributed by atoms with Crippen molar-refractivity contribution in [2.24, 2.45) is 14.1 Å². The number of pyridine rings is 1. The molecule has 0 bridgehead atoms. The Morgan fingerprint density at radius 1 is 1.08 bits per heavy atom. The minimum Gasteiger partial charge on any atom is -0.322 e. The standard InChI is InChI=1S/C17H16N4O3/c1-10-12(15(22)19-11-7-5-4-6-8-11)9-13-14(18-10)20(2)17(24)21(3)16(13)23/h4-9H,1-3H3,(H,19,22). The number of para-hydroxylation sites is 1. The number of amides is 1. The smallest absolute Gasteiger partial charge is 0.322 e. The van der Waals surface area contributed by atoms with Gasteiger partial charge in [-0.05, 0) is 25.1 Å². The molecule has 0 saturated carbocycles. The zero-order chi connectivity index (χ0) is 17.4. The van der Waals surface area contributed by atoms with Gasteiger partial charge in [0.2, 0.25) is 0 Å². The third-order valence-corrected chi connectivity index (χ3v) is 3.90. The number of rotatable bonds is 2. The highest BCUT2D eigenvalue weighted by Gasteiger charge is 2.16. The summed E-state index contributed by atoms with van der Waals surface area (Å²) in [6.45, 7) is 1.67. The Kier molecular flexibility index (Phi) is 3.76. The topological polar surface area (TPSA) is 86.0 Å². The van der Waals surface area contributed by atoms with Crippen LogP contribution in [0.3, 0.4) is 0 Å². The van der Waals surface area contributed by atoms with E-state index in [1.165, 1.54) is 17.7 Å². The lowest BCUT2D eigenvalue weighted by Gasteiger charge is -2.11. The number of benzene rings is 1. The van der Waals surface area contributed by atoms with Gasteiger partial charge >= 0.3 is 5.69 Å². The van der Waals surface area contributed by atoms with Gasteiger partial charge in [-0.25, -0.2) is 9.78 Å². The van der Waals surface area contributed by atoms with Crippen LogP contribution in [0.1, 0.15) is 16.1 Å². The van der Waals surface area contributed by atoms with E-state index in [4.69, 9.17) is 0 Å². The number of anilines is 1. The highest BCUT2D eigenvalue weighted by Crippen LogP contribution is 2.15. The van der Waals surface area contributed by atoms with E-state index in [0.29, 0.717) is 16.9 Å². The Labute approximate surface area is 137 Å². The second-order valence-corrected chi connectivity index (χ2v) is 5.52. The average molecular weight is 324 g/mol. The number of nitrogens with zero attached hydrogens (tertiary/aromatic N) is 3. The van der Waals surface area contributed by atoms with E-state index >= 15 is 0 Å². The molecule has 0 aliphatic heterocycles. The lowest BCUT2D eigenvalue weighted by atomic mass is 10.1. The van der Waals surface area contributed by atoms with Gasteiger partial charge in [0.05, 0.1) is 16.6 Å². The normalized spacial score (nSPS) is 10.8. The molecule has 1 N–H and O–H groups in total.